The van der Waals surface area contributed by atoms with Gasteiger partial charge in [-0.3, -0.25) is 9.59 Å². The zero-order valence-electron chi connectivity index (χ0n) is 7.50. The Bertz CT molecular complexity index is 198. The minimum atomic E-state index is -0.204. The highest BCUT2D eigenvalue weighted by Gasteiger charge is 2.32. The van der Waals surface area contributed by atoms with Gasteiger partial charge >= 0.3 is 5.97 Å². The van der Waals surface area contributed by atoms with Crippen LogP contribution >= 0.6 is 0 Å². The van der Waals surface area contributed by atoms with E-state index in [0.29, 0.717) is 19.3 Å². The van der Waals surface area contributed by atoms with E-state index >= 15 is 0 Å². The number of cyclic esters (lactones) is 1. The second-order valence-corrected chi connectivity index (χ2v) is 3.28. The molecule has 12 heavy (non-hydrogen) atoms. The van der Waals surface area contributed by atoms with Gasteiger partial charge in [0.2, 0.25) is 0 Å². The minimum absolute atomic E-state index is 0.00726. The van der Waals surface area contributed by atoms with E-state index in [-0.39, 0.29) is 23.8 Å². The van der Waals surface area contributed by atoms with Gasteiger partial charge in [-0.15, -0.1) is 0 Å². The van der Waals surface area contributed by atoms with Crippen LogP contribution in [0.1, 0.15) is 33.1 Å². The molecule has 0 amide bonds. The molecule has 0 aromatic carbocycles. The molecule has 3 heteroatoms. The van der Waals surface area contributed by atoms with Crippen molar-refractivity contribution >= 4 is 11.8 Å². The maximum atomic E-state index is 11.1. The van der Waals surface area contributed by atoms with Crippen molar-refractivity contribution in [3.63, 3.8) is 0 Å². The number of ketones is 1. The molecule has 0 N–H and O–H groups in total. The van der Waals surface area contributed by atoms with E-state index in [9.17, 15) is 9.59 Å². The van der Waals surface area contributed by atoms with Crippen molar-refractivity contribution in [1.29, 1.82) is 0 Å². The predicted octanol–water partition coefficient (Wildman–Crippen LogP) is 1.31. The molecule has 1 aliphatic rings. The summed E-state index contributed by atoms with van der Waals surface area (Å²) in [5.41, 5.74) is 0. The van der Waals surface area contributed by atoms with Crippen LogP contribution in [0.5, 0.6) is 0 Å². The van der Waals surface area contributed by atoms with Gasteiger partial charge in [0, 0.05) is 12.8 Å². The molecule has 0 aromatic rings. The smallest absolute Gasteiger partial charge is 0.309 e. The fraction of sp³-hybridized carbons (Fsp3) is 0.778. The third kappa shape index (κ3) is 2.06. The van der Waals surface area contributed by atoms with E-state index in [1.54, 1.807) is 0 Å². The molecular weight excluding hydrogens is 156 g/mol. The monoisotopic (exact) mass is 170 g/mol. The third-order valence-corrected chi connectivity index (χ3v) is 2.14. The van der Waals surface area contributed by atoms with Crippen molar-refractivity contribution in [1.82, 2.24) is 0 Å². The van der Waals surface area contributed by atoms with E-state index < -0.39 is 0 Å². The number of hydrogen-bond donors (Lipinski definition) is 0. The van der Waals surface area contributed by atoms with Crippen LogP contribution < -0.4 is 0 Å². The van der Waals surface area contributed by atoms with E-state index in [1.807, 2.05) is 13.8 Å². The first-order valence-electron chi connectivity index (χ1n) is 4.35. The summed E-state index contributed by atoms with van der Waals surface area (Å²) in [6.45, 7) is 3.67. The van der Waals surface area contributed by atoms with E-state index in [2.05, 4.69) is 0 Å². The van der Waals surface area contributed by atoms with Gasteiger partial charge in [-0.1, -0.05) is 6.92 Å². The molecule has 0 aliphatic carbocycles. The molecule has 1 heterocycles. The molecule has 0 spiro atoms. The maximum absolute atomic E-state index is 11.1. The van der Waals surface area contributed by atoms with Crippen molar-refractivity contribution in [2.75, 3.05) is 0 Å². The van der Waals surface area contributed by atoms with Crippen LogP contribution in [-0.2, 0) is 14.3 Å². The van der Waals surface area contributed by atoms with Crippen LogP contribution in [0.3, 0.4) is 0 Å². The summed E-state index contributed by atoms with van der Waals surface area (Å²) in [4.78, 5) is 22.1. The normalized spacial score (nSPS) is 28.7. The molecular formula is C9H14O3. The average Bonchev–Trinajstić information content (AvgIpc) is 2.30. The predicted molar refractivity (Wildman–Crippen MR) is 43.6 cm³/mol. The fourth-order valence-corrected chi connectivity index (χ4v) is 1.43. The average molecular weight is 170 g/mol. The van der Waals surface area contributed by atoms with Gasteiger partial charge < -0.3 is 4.74 Å². The summed E-state index contributed by atoms with van der Waals surface area (Å²) in [5, 5.41) is 0. The van der Waals surface area contributed by atoms with Gasteiger partial charge in [0.05, 0.1) is 12.0 Å². The summed E-state index contributed by atoms with van der Waals surface area (Å²) in [7, 11) is 0. The highest BCUT2D eigenvalue weighted by molar-refractivity contribution is 5.85. The Balaban J connectivity index is 2.43. The Morgan fingerprint density at radius 3 is 2.75 bits per heavy atom. The molecule has 1 rings (SSSR count). The van der Waals surface area contributed by atoms with Gasteiger partial charge in [-0.2, -0.15) is 0 Å². The molecule has 0 aromatic heterocycles. The lowest BCUT2D eigenvalue weighted by molar-refractivity contribution is -0.145. The number of carbonyl (C=O) groups is 2. The van der Waals surface area contributed by atoms with Gasteiger partial charge in [0.25, 0.3) is 0 Å². The Morgan fingerprint density at radius 1 is 1.67 bits per heavy atom. The molecule has 0 saturated carbocycles. The molecule has 1 fully saturated rings. The summed E-state index contributed by atoms with van der Waals surface area (Å²) in [6, 6.07) is 0. The summed E-state index contributed by atoms with van der Waals surface area (Å²) < 4.78 is 4.93. The minimum Gasteiger partial charge on any atom is -0.462 e. The first-order chi connectivity index (χ1) is 5.63. The van der Waals surface area contributed by atoms with Crippen LogP contribution in [0.4, 0.5) is 0 Å². The van der Waals surface area contributed by atoms with Crippen molar-refractivity contribution in [3.8, 4) is 0 Å². The summed E-state index contributed by atoms with van der Waals surface area (Å²) in [5.74, 6) is -0.234. The largest absolute Gasteiger partial charge is 0.462 e. The molecule has 1 aliphatic heterocycles. The zero-order chi connectivity index (χ0) is 9.14. The number of esters is 1. The number of hydrogen-bond acceptors (Lipinski definition) is 3. The van der Waals surface area contributed by atoms with Crippen LogP contribution in [0.15, 0.2) is 0 Å². The molecule has 68 valence electrons. The van der Waals surface area contributed by atoms with E-state index in [1.165, 1.54) is 0 Å². The highest BCUT2D eigenvalue weighted by Crippen LogP contribution is 2.24. The number of ether oxygens (including phenoxy) is 1. The van der Waals surface area contributed by atoms with Crippen molar-refractivity contribution in [2.45, 2.75) is 39.2 Å². The van der Waals surface area contributed by atoms with Crippen LogP contribution in [0.2, 0.25) is 0 Å². The van der Waals surface area contributed by atoms with E-state index in [4.69, 9.17) is 4.74 Å². The van der Waals surface area contributed by atoms with Gasteiger partial charge in [0.1, 0.15) is 5.78 Å². The van der Waals surface area contributed by atoms with Crippen molar-refractivity contribution < 1.29 is 14.3 Å². The molecule has 1 saturated heterocycles. The lowest BCUT2D eigenvalue weighted by Gasteiger charge is -2.01. The first kappa shape index (κ1) is 9.23. The quantitative estimate of drug-likeness (QED) is 0.600. The van der Waals surface area contributed by atoms with Gasteiger partial charge in [-0.05, 0) is 13.3 Å². The topological polar surface area (TPSA) is 43.4 Å². The van der Waals surface area contributed by atoms with Crippen LogP contribution in [-0.4, -0.2) is 17.9 Å². The number of rotatable bonds is 3. The molecule has 0 radical (unpaired) electrons. The van der Waals surface area contributed by atoms with E-state index in [0.717, 1.165) is 0 Å². The highest BCUT2D eigenvalue weighted by atomic mass is 16.5. The SMILES string of the molecule is CCC(=O)CC1CC(C)OC1=O. The Labute approximate surface area is 72.1 Å². The van der Waals surface area contributed by atoms with Crippen LogP contribution in [0, 0.1) is 5.92 Å². The fourth-order valence-electron chi connectivity index (χ4n) is 1.43. The molecule has 0 bridgehead atoms. The summed E-state index contributed by atoms with van der Waals surface area (Å²) in [6.07, 6.45) is 1.56. The third-order valence-electron chi connectivity index (χ3n) is 2.14. The van der Waals surface area contributed by atoms with Crippen molar-refractivity contribution in [2.24, 2.45) is 5.92 Å². The molecule has 3 nitrogen and oxygen atoms in total. The first-order valence-corrected chi connectivity index (χ1v) is 4.35. The second-order valence-electron chi connectivity index (χ2n) is 3.28. The summed E-state index contributed by atoms with van der Waals surface area (Å²) >= 11 is 0. The Morgan fingerprint density at radius 2 is 2.33 bits per heavy atom. The Hall–Kier alpha value is -0.860. The lowest BCUT2D eigenvalue weighted by Crippen LogP contribution is -2.12. The second kappa shape index (κ2) is 3.70. The number of carbonyl (C=O) groups excluding carboxylic acids is 2. The standard InChI is InChI=1S/C9H14O3/c1-3-8(10)5-7-4-6(2)12-9(7)11/h6-7H,3-5H2,1-2H3. The van der Waals surface area contributed by atoms with Crippen molar-refractivity contribution in [3.05, 3.63) is 0 Å². The zero-order valence-corrected chi connectivity index (χ0v) is 7.50. The van der Waals surface area contributed by atoms with Gasteiger partial charge in [0.15, 0.2) is 0 Å². The lowest BCUT2D eigenvalue weighted by atomic mass is 9.98. The Kier molecular flexibility index (Phi) is 2.84. The van der Waals surface area contributed by atoms with Gasteiger partial charge in [-0.25, -0.2) is 0 Å². The maximum Gasteiger partial charge on any atom is 0.309 e. The number of Topliss-reactive ketones (excluding diaryl/α,β-unsaturated/α-hetero) is 1. The molecule has 2 atom stereocenters. The molecule has 2 unspecified atom stereocenters. The van der Waals surface area contributed by atoms with Crippen LogP contribution in [0.25, 0.3) is 0 Å².